The van der Waals surface area contributed by atoms with Gasteiger partial charge in [0.05, 0.1) is 17.1 Å². The molecule has 3 fully saturated rings. The van der Waals surface area contributed by atoms with E-state index in [4.69, 9.17) is 11.6 Å². The molecule has 2 bridgehead atoms. The number of nitrogens with zero attached hydrogens (tertiary/aromatic N) is 3. The van der Waals surface area contributed by atoms with E-state index in [1.54, 1.807) is 0 Å². The number of likely N-dealkylation sites (tertiary alicyclic amines) is 1. The first-order chi connectivity index (χ1) is 14.2. The number of aromatic amines is 1. The van der Waals surface area contributed by atoms with Crippen molar-refractivity contribution in [2.75, 3.05) is 19.6 Å². The number of nitrogens with one attached hydrogen (secondary N) is 1. The Kier molecular flexibility index (Phi) is 6.77. The Labute approximate surface area is 178 Å². The van der Waals surface area contributed by atoms with Gasteiger partial charge in [-0.2, -0.15) is 0 Å². The van der Waals surface area contributed by atoms with Gasteiger partial charge in [0.1, 0.15) is 17.2 Å². The Morgan fingerprint density at radius 2 is 1.79 bits per heavy atom. The maximum absolute atomic E-state index is 13.6. The zero-order chi connectivity index (χ0) is 20.4. The molecule has 2 saturated heterocycles. The van der Waals surface area contributed by atoms with Gasteiger partial charge in [0, 0.05) is 25.2 Å². The second-order valence-corrected chi connectivity index (χ2v) is 9.13. The van der Waals surface area contributed by atoms with Gasteiger partial charge in [-0.3, -0.25) is 9.80 Å². The first-order valence-corrected chi connectivity index (χ1v) is 11.9. The molecule has 2 aliphatic heterocycles. The van der Waals surface area contributed by atoms with Crippen molar-refractivity contribution in [1.29, 1.82) is 0 Å². The lowest BCUT2D eigenvalue weighted by atomic mass is 10.0. The Balaban J connectivity index is 0.000000994. The average molecular weight is 421 g/mol. The zero-order valence-corrected chi connectivity index (χ0v) is 18.5. The number of piperazine rings is 1. The van der Waals surface area contributed by atoms with Gasteiger partial charge in [-0.15, -0.1) is 0 Å². The molecule has 1 aliphatic carbocycles. The number of benzene rings is 1. The van der Waals surface area contributed by atoms with Crippen LogP contribution >= 0.6 is 11.6 Å². The van der Waals surface area contributed by atoms with Gasteiger partial charge in [-0.1, -0.05) is 51.1 Å². The number of imidazole rings is 1. The topological polar surface area (TPSA) is 35.2 Å². The molecule has 3 heterocycles. The molecular weight excluding hydrogens is 387 g/mol. The Hall–Kier alpha value is -1.17. The summed E-state index contributed by atoms with van der Waals surface area (Å²) >= 11 is 6.14. The number of H-pyrrole nitrogens is 1. The quantitative estimate of drug-likeness (QED) is 0.682. The first-order valence-electron chi connectivity index (χ1n) is 11.5. The molecule has 2 atom stereocenters. The predicted molar refractivity (Wildman–Crippen MR) is 118 cm³/mol. The van der Waals surface area contributed by atoms with Crippen molar-refractivity contribution >= 4 is 22.6 Å². The fraction of sp³-hybridized carbons (Fsp3) is 0.696. The summed E-state index contributed by atoms with van der Waals surface area (Å²) in [5.41, 5.74) is 1.36. The van der Waals surface area contributed by atoms with Gasteiger partial charge < -0.3 is 4.98 Å². The number of fused-ring (bicyclic) bond motifs is 3. The molecule has 0 amide bonds. The molecule has 160 valence electrons. The summed E-state index contributed by atoms with van der Waals surface area (Å²) in [6, 6.07) is 4.19. The zero-order valence-electron chi connectivity index (χ0n) is 17.8. The highest BCUT2D eigenvalue weighted by Gasteiger charge is 2.39. The van der Waals surface area contributed by atoms with Crippen LogP contribution < -0.4 is 0 Å². The second-order valence-electron chi connectivity index (χ2n) is 8.72. The van der Waals surface area contributed by atoms with Crippen LogP contribution in [0.5, 0.6) is 0 Å². The fourth-order valence-corrected chi connectivity index (χ4v) is 5.83. The number of hydrogen-bond acceptors (Lipinski definition) is 3. The highest BCUT2D eigenvalue weighted by molar-refractivity contribution is 6.34. The van der Waals surface area contributed by atoms with Crippen LogP contribution in [0.3, 0.4) is 0 Å². The highest BCUT2D eigenvalue weighted by Crippen LogP contribution is 2.34. The van der Waals surface area contributed by atoms with Gasteiger partial charge in [0.25, 0.3) is 0 Å². The number of rotatable bonds is 5. The number of halogens is 2. The molecule has 0 spiro atoms. The third-order valence-electron chi connectivity index (χ3n) is 6.91. The summed E-state index contributed by atoms with van der Waals surface area (Å²) in [4.78, 5) is 13.2. The molecule has 3 aliphatic rings. The molecule has 1 aromatic carbocycles. The summed E-state index contributed by atoms with van der Waals surface area (Å²) in [6.45, 7) is 8.30. The minimum Gasteiger partial charge on any atom is -0.341 e. The Morgan fingerprint density at radius 3 is 2.48 bits per heavy atom. The summed E-state index contributed by atoms with van der Waals surface area (Å²) < 4.78 is 13.6. The lowest BCUT2D eigenvalue weighted by molar-refractivity contribution is 0.0571. The molecule has 2 aromatic rings. The summed E-state index contributed by atoms with van der Waals surface area (Å²) in [6.07, 6.45) is 9.81. The van der Waals surface area contributed by atoms with Crippen molar-refractivity contribution in [2.24, 2.45) is 5.92 Å². The first kappa shape index (κ1) is 21.1. The molecule has 2 unspecified atom stereocenters. The van der Waals surface area contributed by atoms with Gasteiger partial charge >= 0.3 is 0 Å². The van der Waals surface area contributed by atoms with Crippen molar-refractivity contribution in [3.8, 4) is 0 Å². The monoisotopic (exact) mass is 420 g/mol. The van der Waals surface area contributed by atoms with E-state index in [-0.39, 0.29) is 5.82 Å². The Bertz CT molecular complexity index is 803. The molecule has 6 heteroatoms. The minimum atomic E-state index is -0.323. The van der Waals surface area contributed by atoms with Gasteiger partial charge in [0.15, 0.2) is 0 Å². The van der Waals surface area contributed by atoms with E-state index in [0.29, 0.717) is 28.1 Å². The maximum Gasteiger partial charge on any atom is 0.126 e. The second kappa shape index (κ2) is 9.32. The summed E-state index contributed by atoms with van der Waals surface area (Å²) in [5.74, 6) is 1.54. The van der Waals surface area contributed by atoms with E-state index in [2.05, 4.69) is 19.8 Å². The van der Waals surface area contributed by atoms with E-state index in [1.165, 1.54) is 63.6 Å². The largest absolute Gasteiger partial charge is 0.341 e. The number of hydrogen-bond donors (Lipinski definition) is 1. The van der Waals surface area contributed by atoms with Crippen LogP contribution in [-0.4, -0.2) is 51.5 Å². The third kappa shape index (κ3) is 4.62. The van der Waals surface area contributed by atoms with E-state index in [1.807, 2.05) is 13.8 Å². The van der Waals surface area contributed by atoms with Crippen LogP contribution in [-0.2, 0) is 6.54 Å². The molecule has 29 heavy (non-hydrogen) atoms. The molecular formula is C23H34ClFN4. The van der Waals surface area contributed by atoms with Crippen molar-refractivity contribution in [3.05, 3.63) is 28.8 Å². The van der Waals surface area contributed by atoms with Crippen LogP contribution in [0.4, 0.5) is 4.39 Å². The third-order valence-corrected chi connectivity index (χ3v) is 7.19. The smallest absolute Gasteiger partial charge is 0.126 e. The van der Waals surface area contributed by atoms with Crippen LogP contribution in [0.25, 0.3) is 11.0 Å². The normalized spacial score (nSPS) is 25.5. The van der Waals surface area contributed by atoms with E-state index >= 15 is 0 Å². The van der Waals surface area contributed by atoms with Crippen molar-refractivity contribution in [3.63, 3.8) is 0 Å². The van der Waals surface area contributed by atoms with Crippen LogP contribution in [0, 0.1) is 11.7 Å². The van der Waals surface area contributed by atoms with Crippen molar-refractivity contribution < 1.29 is 4.39 Å². The van der Waals surface area contributed by atoms with Crippen LogP contribution in [0.1, 0.15) is 64.6 Å². The van der Waals surface area contributed by atoms with Crippen LogP contribution in [0.15, 0.2) is 12.1 Å². The lowest BCUT2D eigenvalue weighted by Gasteiger charge is -2.41. The molecule has 5 rings (SSSR count). The SMILES string of the molecule is CC.Fc1cc(Cl)c2nc(CN3CC4CCC(C3)N4CCC3CCCC3)[nH]c2c1. The number of aromatic nitrogens is 2. The molecule has 1 N–H and O–H groups in total. The average Bonchev–Trinajstić information content (AvgIpc) is 3.41. The van der Waals surface area contributed by atoms with Crippen molar-refractivity contribution in [2.45, 2.75) is 77.4 Å². The standard InChI is InChI=1S/C21H28ClFN4.C2H6/c22-18-9-15(23)10-19-21(18)25-20(24-19)13-26-11-16-5-6-17(12-26)27(16)8-7-14-3-1-2-4-14;1-2/h9-10,14,16-17H,1-8,11-13H2,(H,24,25);1-2H3. The van der Waals surface area contributed by atoms with Gasteiger partial charge in [-0.25, -0.2) is 9.37 Å². The van der Waals surface area contributed by atoms with E-state index < -0.39 is 0 Å². The fourth-order valence-electron chi connectivity index (χ4n) is 5.58. The van der Waals surface area contributed by atoms with Gasteiger partial charge in [0.2, 0.25) is 0 Å². The molecule has 1 aromatic heterocycles. The van der Waals surface area contributed by atoms with Crippen LogP contribution in [0.2, 0.25) is 5.02 Å². The van der Waals surface area contributed by atoms with E-state index in [9.17, 15) is 4.39 Å². The highest BCUT2D eigenvalue weighted by atomic mass is 35.5. The summed E-state index contributed by atoms with van der Waals surface area (Å²) in [5, 5.41) is 0.379. The maximum atomic E-state index is 13.6. The molecule has 4 nitrogen and oxygen atoms in total. The predicted octanol–water partition coefficient (Wildman–Crippen LogP) is 5.61. The molecule has 1 saturated carbocycles. The molecule has 0 radical (unpaired) electrons. The summed E-state index contributed by atoms with van der Waals surface area (Å²) in [7, 11) is 0. The Morgan fingerprint density at radius 1 is 1.10 bits per heavy atom. The minimum absolute atomic E-state index is 0.323. The lowest BCUT2D eigenvalue weighted by Crippen LogP contribution is -2.53. The van der Waals surface area contributed by atoms with E-state index in [0.717, 1.165) is 31.4 Å². The van der Waals surface area contributed by atoms with Crippen molar-refractivity contribution in [1.82, 2.24) is 19.8 Å². The van der Waals surface area contributed by atoms with Gasteiger partial charge in [-0.05, 0) is 43.9 Å².